The Morgan fingerprint density at radius 1 is 1.06 bits per heavy atom. The molecule has 3 rings (SSSR count). The van der Waals surface area contributed by atoms with Gasteiger partial charge in [-0.1, -0.05) is 38.1 Å². The summed E-state index contributed by atoms with van der Waals surface area (Å²) in [6, 6.07) is 7.32. The van der Waals surface area contributed by atoms with Gasteiger partial charge in [-0.15, -0.1) is 0 Å². The van der Waals surface area contributed by atoms with E-state index in [-0.39, 0.29) is 41.9 Å². The Bertz CT molecular complexity index is 1110. The van der Waals surface area contributed by atoms with Crippen molar-refractivity contribution >= 4 is 17.6 Å². The Morgan fingerprint density at radius 2 is 1.81 bits per heavy atom. The van der Waals surface area contributed by atoms with Crippen molar-refractivity contribution in [2.45, 2.75) is 44.7 Å². The molecule has 1 aliphatic rings. The van der Waals surface area contributed by atoms with Crippen LogP contribution in [-0.2, 0) is 14.4 Å². The average Bonchev–Trinajstić information content (AvgIpc) is 3.37. The highest BCUT2D eigenvalue weighted by Crippen LogP contribution is 2.29. The zero-order chi connectivity index (χ0) is 26.4. The van der Waals surface area contributed by atoms with Crippen LogP contribution in [0, 0.1) is 11.6 Å². The van der Waals surface area contributed by atoms with Crippen molar-refractivity contribution in [1.29, 1.82) is 0 Å². The molecule has 0 aromatic heterocycles. The number of carbonyl (C=O) groups excluding carboxylic acids is 3. The van der Waals surface area contributed by atoms with Gasteiger partial charge in [0.25, 0.3) is 0 Å². The van der Waals surface area contributed by atoms with Crippen molar-refractivity contribution < 1.29 is 23.2 Å². The second-order valence-electron chi connectivity index (χ2n) is 9.58. The Morgan fingerprint density at radius 3 is 2.39 bits per heavy atom. The first kappa shape index (κ1) is 27.4. The van der Waals surface area contributed by atoms with E-state index in [2.05, 4.69) is 16.0 Å². The number of ketones is 1. The molecule has 1 aliphatic heterocycles. The summed E-state index contributed by atoms with van der Waals surface area (Å²) in [6.07, 6.45) is 1.49. The van der Waals surface area contributed by atoms with E-state index >= 15 is 4.39 Å². The first-order chi connectivity index (χ1) is 17.1. The average molecular weight is 501 g/mol. The maximum atomic E-state index is 15.2. The van der Waals surface area contributed by atoms with Gasteiger partial charge in [-0.2, -0.15) is 0 Å². The van der Waals surface area contributed by atoms with Gasteiger partial charge in [0.05, 0.1) is 19.1 Å². The molecule has 2 aromatic rings. The lowest BCUT2D eigenvalue weighted by Gasteiger charge is -2.21. The van der Waals surface area contributed by atoms with Crippen molar-refractivity contribution in [2.75, 3.05) is 33.7 Å². The van der Waals surface area contributed by atoms with Crippen molar-refractivity contribution in [1.82, 2.24) is 20.9 Å². The van der Waals surface area contributed by atoms with E-state index in [0.29, 0.717) is 24.1 Å². The quantitative estimate of drug-likeness (QED) is 0.467. The standard InChI is InChI=1S/C27H34F2N4O3/c1-16(2)19-9-7-17(12-21(19)28)20-10-8-18(13-22(20)29)26(32-27(36)23-6-5-11-31-23)24(34)14-30-15-25(35)33(3)4/h7-10,12-13,16,23,26,30-31H,5-6,11,14-15H2,1-4H3,(H,32,36). The summed E-state index contributed by atoms with van der Waals surface area (Å²) in [7, 11) is 3.21. The van der Waals surface area contributed by atoms with Gasteiger partial charge in [0.1, 0.15) is 17.7 Å². The highest BCUT2D eigenvalue weighted by molar-refractivity contribution is 5.93. The third-order valence-electron chi connectivity index (χ3n) is 6.32. The molecule has 1 saturated heterocycles. The van der Waals surface area contributed by atoms with Crippen LogP contribution in [0.5, 0.6) is 0 Å². The smallest absolute Gasteiger partial charge is 0.237 e. The Balaban J connectivity index is 1.84. The number of halogens is 2. The van der Waals surface area contributed by atoms with Crippen LogP contribution >= 0.6 is 0 Å². The number of Topliss-reactive ketones (excluding diaryl/α,β-unsaturated/α-hetero) is 1. The summed E-state index contributed by atoms with van der Waals surface area (Å²) >= 11 is 0. The molecule has 194 valence electrons. The van der Waals surface area contributed by atoms with Gasteiger partial charge in [0.15, 0.2) is 5.78 Å². The number of amides is 2. The first-order valence-electron chi connectivity index (χ1n) is 12.1. The molecular weight excluding hydrogens is 466 g/mol. The molecule has 2 amide bonds. The molecule has 0 saturated carbocycles. The third kappa shape index (κ3) is 6.73. The zero-order valence-corrected chi connectivity index (χ0v) is 21.2. The third-order valence-corrected chi connectivity index (χ3v) is 6.32. The lowest BCUT2D eigenvalue weighted by atomic mass is 9.95. The molecule has 0 bridgehead atoms. The molecule has 0 spiro atoms. The Kier molecular flexibility index (Phi) is 9.28. The van der Waals surface area contributed by atoms with Gasteiger partial charge in [0, 0.05) is 19.7 Å². The largest absolute Gasteiger partial charge is 0.348 e. The summed E-state index contributed by atoms with van der Waals surface area (Å²) in [4.78, 5) is 39.0. The number of benzene rings is 2. The minimum absolute atomic E-state index is 0.00218. The summed E-state index contributed by atoms with van der Waals surface area (Å²) in [5.41, 5.74) is 1.39. The maximum absolute atomic E-state index is 15.2. The first-order valence-corrected chi connectivity index (χ1v) is 12.1. The van der Waals surface area contributed by atoms with Gasteiger partial charge < -0.3 is 20.9 Å². The second kappa shape index (κ2) is 12.2. The normalized spacial score (nSPS) is 16.1. The van der Waals surface area contributed by atoms with Gasteiger partial charge in [-0.05, 0) is 54.1 Å². The fraction of sp³-hybridized carbons (Fsp3) is 0.444. The Labute approximate surface area is 210 Å². The SMILES string of the molecule is CC(C)c1ccc(-c2ccc(C(NC(=O)C3CCCN3)C(=O)CNCC(=O)N(C)C)cc2F)cc1F. The summed E-state index contributed by atoms with van der Waals surface area (Å²) in [6.45, 7) is 4.24. The molecule has 2 aromatic carbocycles. The minimum Gasteiger partial charge on any atom is -0.348 e. The zero-order valence-electron chi connectivity index (χ0n) is 21.2. The van der Waals surface area contributed by atoms with Crippen molar-refractivity contribution in [3.8, 4) is 11.1 Å². The van der Waals surface area contributed by atoms with Gasteiger partial charge in [-0.25, -0.2) is 8.78 Å². The molecule has 1 fully saturated rings. The lowest BCUT2D eigenvalue weighted by molar-refractivity contribution is -0.129. The highest BCUT2D eigenvalue weighted by Gasteiger charge is 2.29. The van der Waals surface area contributed by atoms with Crippen LogP contribution in [0.25, 0.3) is 11.1 Å². The van der Waals surface area contributed by atoms with Gasteiger partial charge in [0.2, 0.25) is 11.8 Å². The predicted octanol–water partition coefficient (Wildman–Crippen LogP) is 2.91. The van der Waals surface area contributed by atoms with E-state index in [1.165, 1.54) is 23.1 Å². The van der Waals surface area contributed by atoms with E-state index < -0.39 is 29.5 Å². The number of hydrogen-bond donors (Lipinski definition) is 3. The van der Waals surface area contributed by atoms with Crippen LogP contribution in [0.2, 0.25) is 0 Å². The fourth-order valence-electron chi connectivity index (χ4n) is 4.16. The maximum Gasteiger partial charge on any atom is 0.237 e. The fourth-order valence-corrected chi connectivity index (χ4v) is 4.16. The molecule has 1 heterocycles. The number of nitrogens with zero attached hydrogens (tertiary/aromatic N) is 1. The summed E-state index contributed by atoms with van der Waals surface area (Å²) in [5.74, 6) is -2.00. The second-order valence-corrected chi connectivity index (χ2v) is 9.58. The van der Waals surface area contributed by atoms with Crippen LogP contribution in [0.4, 0.5) is 8.78 Å². The van der Waals surface area contributed by atoms with E-state index in [9.17, 15) is 18.8 Å². The van der Waals surface area contributed by atoms with Crippen LogP contribution < -0.4 is 16.0 Å². The number of carbonyl (C=O) groups is 3. The van der Waals surface area contributed by atoms with Crippen LogP contribution in [0.15, 0.2) is 36.4 Å². The topological polar surface area (TPSA) is 90.5 Å². The molecule has 3 N–H and O–H groups in total. The van der Waals surface area contributed by atoms with Crippen molar-refractivity contribution in [3.63, 3.8) is 0 Å². The van der Waals surface area contributed by atoms with Crippen LogP contribution in [0.3, 0.4) is 0 Å². The summed E-state index contributed by atoms with van der Waals surface area (Å²) in [5, 5.41) is 8.61. The predicted molar refractivity (Wildman–Crippen MR) is 134 cm³/mol. The number of rotatable bonds is 10. The molecule has 2 unspecified atom stereocenters. The molecular formula is C27H34F2N4O3. The van der Waals surface area contributed by atoms with Crippen molar-refractivity contribution in [2.24, 2.45) is 0 Å². The lowest BCUT2D eigenvalue weighted by Crippen LogP contribution is -2.46. The number of likely N-dealkylation sites (N-methyl/N-ethyl adjacent to an activating group) is 1. The van der Waals surface area contributed by atoms with E-state index in [1.807, 2.05) is 13.8 Å². The summed E-state index contributed by atoms with van der Waals surface area (Å²) < 4.78 is 29.7. The molecule has 0 radical (unpaired) electrons. The highest BCUT2D eigenvalue weighted by atomic mass is 19.1. The minimum atomic E-state index is -1.11. The van der Waals surface area contributed by atoms with Gasteiger partial charge >= 0.3 is 0 Å². The van der Waals surface area contributed by atoms with E-state index in [1.54, 1.807) is 32.3 Å². The van der Waals surface area contributed by atoms with Crippen LogP contribution in [-0.4, -0.2) is 62.3 Å². The molecule has 2 atom stereocenters. The van der Waals surface area contributed by atoms with E-state index in [4.69, 9.17) is 0 Å². The Hall–Kier alpha value is -3.17. The van der Waals surface area contributed by atoms with Crippen molar-refractivity contribution in [3.05, 3.63) is 59.2 Å². The molecule has 0 aliphatic carbocycles. The number of hydrogen-bond acceptors (Lipinski definition) is 5. The molecule has 7 nitrogen and oxygen atoms in total. The van der Waals surface area contributed by atoms with Gasteiger partial charge in [-0.3, -0.25) is 14.4 Å². The monoisotopic (exact) mass is 500 g/mol. The molecule has 9 heteroatoms. The van der Waals surface area contributed by atoms with E-state index in [0.717, 1.165) is 6.42 Å². The number of nitrogens with one attached hydrogen (secondary N) is 3. The van der Waals surface area contributed by atoms with Crippen LogP contribution in [0.1, 0.15) is 49.8 Å². The molecule has 36 heavy (non-hydrogen) atoms.